The molecular formula is C19H35NO5. The fourth-order valence-corrected chi connectivity index (χ4v) is 2.87. The van der Waals surface area contributed by atoms with Gasteiger partial charge in [0.05, 0.1) is 45.6 Å². The van der Waals surface area contributed by atoms with Crippen LogP contribution in [0, 0.1) is 11.8 Å². The lowest BCUT2D eigenvalue weighted by Gasteiger charge is -2.32. The van der Waals surface area contributed by atoms with Crippen LogP contribution >= 0.6 is 0 Å². The number of amides is 1. The van der Waals surface area contributed by atoms with Crippen LogP contribution in [0.1, 0.15) is 47.0 Å². The number of ether oxygens (including phenoxy) is 3. The minimum atomic E-state index is 0.0832. The molecule has 1 aliphatic rings. The van der Waals surface area contributed by atoms with E-state index in [-0.39, 0.29) is 23.8 Å². The number of carbonyl (C=O) groups is 2. The van der Waals surface area contributed by atoms with Crippen LogP contribution in [-0.2, 0) is 23.8 Å². The molecular weight excluding hydrogens is 322 g/mol. The van der Waals surface area contributed by atoms with E-state index >= 15 is 0 Å². The number of piperidine rings is 1. The van der Waals surface area contributed by atoms with Crippen molar-refractivity contribution < 1.29 is 23.8 Å². The van der Waals surface area contributed by atoms with Crippen LogP contribution in [0.25, 0.3) is 0 Å². The molecule has 0 saturated carbocycles. The largest absolute Gasteiger partial charge is 0.379 e. The lowest BCUT2D eigenvalue weighted by atomic mass is 9.87. The van der Waals surface area contributed by atoms with Crippen LogP contribution in [0.15, 0.2) is 0 Å². The first kappa shape index (κ1) is 22.1. The molecule has 6 heteroatoms. The average Bonchev–Trinajstić information content (AvgIpc) is 2.59. The third-order valence-electron chi connectivity index (χ3n) is 4.33. The van der Waals surface area contributed by atoms with Crippen LogP contribution in [0.3, 0.4) is 0 Å². The summed E-state index contributed by atoms with van der Waals surface area (Å²) in [5.74, 6) is 0.646. The molecule has 0 radical (unpaired) electrons. The zero-order valence-electron chi connectivity index (χ0n) is 16.3. The van der Waals surface area contributed by atoms with Crippen molar-refractivity contribution in [1.82, 2.24) is 4.90 Å². The Hall–Kier alpha value is -0.980. The standard InChI is InChI=1S/C19H35NO5/c1-15(2)19(22)17-5-8-20(9-6-17)18(21)7-10-23-11-12-24-13-14-25-16(3)4/h15-17H,5-14H2,1-4H3. The molecule has 1 amide bonds. The number of rotatable bonds is 12. The average molecular weight is 357 g/mol. The van der Waals surface area contributed by atoms with E-state index in [1.165, 1.54) is 0 Å². The molecule has 0 atom stereocenters. The quantitative estimate of drug-likeness (QED) is 0.502. The maximum atomic E-state index is 12.2. The van der Waals surface area contributed by atoms with Crippen molar-refractivity contribution in [2.45, 2.75) is 53.1 Å². The topological polar surface area (TPSA) is 65.1 Å². The van der Waals surface area contributed by atoms with Crippen molar-refractivity contribution in [3.8, 4) is 0 Å². The first-order valence-electron chi connectivity index (χ1n) is 9.50. The van der Waals surface area contributed by atoms with Gasteiger partial charge in [-0.1, -0.05) is 13.8 Å². The predicted molar refractivity (Wildman–Crippen MR) is 96.5 cm³/mol. The highest BCUT2D eigenvalue weighted by Crippen LogP contribution is 2.21. The molecule has 1 fully saturated rings. The van der Waals surface area contributed by atoms with Gasteiger partial charge in [0.25, 0.3) is 0 Å². The van der Waals surface area contributed by atoms with Crippen LogP contribution in [0.2, 0.25) is 0 Å². The van der Waals surface area contributed by atoms with Crippen LogP contribution < -0.4 is 0 Å². The van der Waals surface area contributed by atoms with E-state index in [0.717, 1.165) is 12.8 Å². The number of hydrogen-bond acceptors (Lipinski definition) is 5. The monoisotopic (exact) mass is 357 g/mol. The van der Waals surface area contributed by atoms with E-state index < -0.39 is 0 Å². The predicted octanol–water partition coefficient (Wildman–Crippen LogP) is 2.30. The normalized spacial score (nSPS) is 16.0. The van der Waals surface area contributed by atoms with Crippen molar-refractivity contribution in [2.24, 2.45) is 11.8 Å². The highest BCUT2D eigenvalue weighted by Gasteiger charge is 2.28. The third-order valence-corrected chi connectivity index (χ3v) is 4.33. The third kappa shape index (κ3) is 9.33. The molecule has 1 saturated heterocycles. The Bertz CT molecular complexity index is 389. The van der Waals surface area contributed by atoms with Crippen LogP contribution in [0.5, 0.6) is 0 Å². The Balaban J connectivity index is 2.02. The molecule has 1 aliphatic heterocycles. The summed E-state index contributed by atoms with van der Waals surface area (Å²) in [6.45, 7) is 11.8. The molecule has 146 valence electrons. The zero-order valence-corrected chi connectivity index (χ0v) is 16.3. The summed E-state index contributed by atoms with van der Waals surface area (Å²) in [5.41, 5.74) is 0. The molecule has 6 nitrogen and oxygen atoms in total. The summed E-state index contributed by atoms with van der Waals surface area (Å²) < 4.78 is 16.2. The van der Waals surface area contributed by atoms with Gasteiger partial charge in [-0.2, -0.15) is 0 Å². The van der Waals surface area contributed by atoms with Crippen molar-refractivity contribution in [3.05, 3.63) is 0 Å². The van der Waals surface area contributed by atoms with E-state index in [2.05, 4.69) is 0 Å². The molecule has 0 spiro atoms. The van der Waals surface area contributed by atoms with Crippen molar-refractivity contribution in [3.63, 3.8) is 0 Å². The Labute approximate surface area is 152 Å². The molecule has 0 N–H and O–H groups in total. The van der Waals surface area contributed by atoms with Gasteiger partial charge in [0.15, 0.2) is 0 Å². The molecule has 1 rings (SSSR count). The van der Waals surface area contributed by atoms with E-state index in [1.807, 2.05) is 32.6 Å². The first-order chi connectivity index (χ1) is 11.9. The van der Waals surface area contributed by atoms with Crippen LogP contribution in [0.4, 0.5) is 0 Å². The summed E-state index contributed by atoms with van der Waals surface area (Å²) in [7, 11) is 0. The van der Waals surface area contributed by atoms with Crippen molar-refractivity contribution in [2.75, 3.05) is 46.1 Å². The summed E-state index contributed by atoms with van der Waals surface area (Å²) in [4.78, 5) is 26.0. The summed E-state index contributed by atoms with van der Waals surface area (Å²) in [6, 6.07) is 0. The zero-order chi connectivity index (χ0) is 18.7. The molecule has 0 aromatic carbocycles. The second-order valence-electron chi connectivity index (χ2n) is 7.11. The molecule has 0 aromatic rings. The van der Waals surface area contributed by atoms with Gasteiger partial charge in [-0.05, 0) is 26.7 Å². The van der Waals surface area contributed by atoms with Crippen molar-refractivity contribution in [1.29, 1.82) is 0 Å². The summed E-state index contributed by atoms with van der Waals surface area (Å²) in [5, 5.41) is 0. The van der Waals surface area contributed by atoms with Gasteiger partial charge in [-0.25, -0.2) is 0 Å². The van der Waals surface area contributed by atoms with Gasteiger partial charge in [0, 0.05) is 24.9 Å². The molecule has 0 bridgehead atoms. The number of hydrogen-bond donors (Lipinski definition) is 0. The lowest BCUT2D eigenvalue weighted by molar-refractivity contribution is -0.136. The fourth-order valence-electron chi connectivity index (χ4n) is 2.87. The maximum Gasteiger partial charge on any atom is 0.224 e. The number of ketones is 1. The Morgan fingerprint density at radius 3 is 2.04 bits per heavy atom. The van der Waals surface area contributed by atoms with E-state index in [1.54, 1.807) is 0 Å². The SMILES string of the molecule is CC(C)OCCOCCOCCC(=O)N1CCC(C(=O)C(C)C)CC1. The van der Waals surface area contributed by atoms with Crippen molar-refractivity contribution >= 4 is 11.7 Å². The van der Waals surface area contributed by atoms with Crippen LogP contribution in [-0.4, -0.2) is 68.8 Å². The Kier molecular flexibility index (Phi) is 10.9. The molecule has 0 aromatic heterocycles. The van der Waals surface area contributed by atoms with Gasteiger partial charge in [-0.3, -0.25) is 9.59 Å². The fraction of sp³-hybridized carbons (Fsp3) is 0.895. The van der Waals surface area contributed by atoms with E-state index in [9.17, 15) is 9.59 Å². The number of Topliss-reactive ketones (excluding diaryl/α,β-unsaturated/α-hetero) is 1. The smallest absolute Gasteiger partial charge is 0.224 e. The molecule has 0 aliphatic carbocycles. The second kappa shape index (κ2) is 12.4. The lowest BCUT2D eigenvalue weighted by Crippen LogP contribution is -2.41. The summed E-state index contributed by atoms with van der Waals surface area (Å²) in [6.07, 6.45) is 2.19. The summed E-state index contributed by atoms with van der Waals surface area (Å²) >= 11 is 0. The minimum absolute atomic E-state index is 0.0832. The van der Waals surface area contributed by atoms with Gasteiger partial charge in [-0.15, -0.1) is 0 Å². The second-order valence-corrected chi connectivity index (χ2v) is 7.11. The van der Waals surface area contributed by atoms with Gasteiger partial charge in [0.2, 0.25) is 5.91 Å². The Morgan fingerprint density at radius 2 is 1.48 bits per heavy atom. The maximum absolute atomic E-state index is 12.2. The highest BCUT2D eigenvalue weighted by molar-refractivity contribution is 5.83. The van der Waals surface area contributed by atoms with Gasteiger partial charge >= 0.3 is 0 Å². The number of carbonyl (C=O) groups excluding carboxylic acids is 2. The molecule has 1 heterocycles. The molecule has 0 unspecified atom stereocenters. The van der Waals surface area contributed by atoms with E-state index in [4.69, 9.17) is 14.2 Å². The highest BCUT2D eigenvalue weighted by atomic mass is 16.5. The van der Waals surface area contributed by atoms with Gasteiger partial charge < -0.3 is 19.1 Å². The Morgan fingerprint density at radius 1 is 0.920 bits per heavy atom. The first-order valence-corrected chi connectivity index (χ1v) is 9.50. The number of likely N-dealkylation sites (tertiary alicyclic amines) is 1. The van der Waals surface area contributed by atoms with E-state index in [0.29, 0.717) is 58.3 Å². The minimum Gasteiger partial charge on any atom is -0.379 e. The van der Waals surface area contributed by atoms with Gasteiger partial charge in [0.1, 0.15) is 5.78 Å². The molecule has 25 heavy (non-hydrogen) atoms. The number of nitrogens with zero attached hydrogens (tertiary/aromatic N) is 1.